The Morgan fingerprint density at radius 3 is 2.65 bits per heavy atom. The third-order valence-electron chi connectivity index (χ3n) is 6.44. The number of nitrogens with one attached hydrogen (secondary N) is 1. The lowest BCUT2D eigenvalue weighted by atomic mass is 10.1. The highest BCUT2D eigenvalue weighted by atomic mass is 16.5. The molecule has 0 aromatic heterocycles. The van der Waals surface area contributed by atoms with Gasteiger partial charge in [0.25, 0.3) is 5.91 Å². The molecule has 5 rings (SSSR count). The van der Waals surface area contributed by atoms with E-state index >= 15 is 0 Å². The van der Waals surface area contributed by atoms with E-state index in [0.717, 1.165) is 36.5 Å². The molecular formula is C23H27N5O3. The molecule has 162 valence electrons. The first kappa shape index (κ1) is 19.8. The zero-order valence-corrected chi connectivity index (χ0v) is 17.8. The Hall–Kier alpha value is -3.10. The van der Waals surface area contributed by atoms with Gasteiger partial charge in [-0.2, -0.15) is 0 Å². The van der Waals surface area contributed by atoms with E-state index in [4.69, 9.17) is 4.74 Å². The van der Waals surface area contributed by atoms with Gasteiger partial charge in [-0.25, -0.2) is 4.79 Å². The highest BCUT2D eigenvalue weighted by Gasteiger charge is 2.56. The second kappa shape index (κ2) is 7.86. The van der Waals surface area contributed by atoms with Crippen molar-refractivity contribution in [3.05, 3.63) is 60.2 Å². The normalized spacial score (nSPS) is 26.1. The molecule has 3 saturated heterocycles. The molecule has 3 amide bonds. The summed E-state index contributed by atoms with van der Waals surface area (Å²) in [6, 6.07) is 16.9. The van der Waals surface area contributed by atoms with E-state index in [0.29, 0.717) is 0 Å². The summed E-state index contributed by atoms with van der Waals surface area (Å²) in [5.41, 5.74) is 1.97. The van der Waals surface area contributed by atoms with Gasteiger partial charge in [0, 0.05) is 31.9 Å². The Morgan fingerprint density at radius 2 is 1.87 bits per heavy atom. The van der Waals surface area contributed by atoms with Crippen LogP contribution in [0.5, 0.6) is 5.75 Å². The number of carbonyl (C=O) groups is 2. The smallest absolute Gasteiger partial charge is 0.328 e. The van der Waals surface area contributed by atoms with Gasteiger partial charge < -0.3 is 14.5 Å². The Labute approximate surface area is 182 Å². The fourth-order valence-corrected chi connectivity index (χ4v) is 4.88. The maximum Gasteiger partial charge on any atom is 0.328 e. The maximum absolute atomic E-state index is 13.5. The minimum Gasteiger partial charge on any atom is -0.497 e. The quantitative estimate of drug-likeness (QED) is 0.813. The number of anilines is 1. The van der Waals surface area contributed by atoms with Gasteiger partial charge in [0.2, 0.25) is 0 Å². The summed E-state index contributed by atoms with van der Waals surface area (Å²) in [4.78, 5) is 34.1. The minimum atomic E-state index is -0.412. The fourth-order valence-electron chi connectivity index (χ4n) is 4.88. The van der Waals surface area contributed by atoms with Crippen molar-refractivity contribution in [3.8, 4) is 5.75 Å². The zero-order chi connectivity index (χ0) is 21.5. The van der Waals surface area contributed by atoms with E-state index in [1.54, 1.807) is 19.1 Å². The summed E-state index contributed by atoms with van der Waals surface area (Å²) >= 11 is 0. The number of ether oxygens (including phenoxy) is 1. The number of hydrogen-bond donors (Lipinski definition) is 1. The average molecular weight is 422 g/mol. The van der Waals surface area contributed by atoms with Crippen LogP contribution in [0.4, 0.5) is 10.5 Å². The third kappa shape index (κ3) is 3.32. The summed E-state index contributed by atoms with van der Waals surface area (Å²) in [6.45, 7) is 1.94. The Balaban J connectivity index is 1.44. The summed E-state index contributed by atoms with van der Waals surface area (Å²) in [5, 5.41) is 3.54. The van der Waals surface area contributed by atoms with Gasteiger partial charge in [-0.1, -0.05) is 36.4 Å². The van der Waals surface area contributed by atoms with Crippen molar-refractivity contribution in [2.24, 2.45) is 0 Å². The van der Waals surface area contributed by atoms with Crippen LogP contribution in [0.15, 0.2) is 54.6 Å². The number of carbonyl (C=O) groups excluding carboxylic acids is 2. The largest absolute Gasteiger partial charge is 0.497 e. The number of imide groups is 1. The van der Waals surface area contributed by atoms with Crippen LogP contribution in [0, 0.1) is 0 Å². The molecule has 0 radical (unpaired) electrons. The van der Waals surface area contributed by atoms with Crippen LogP contribution in [0.2, 0.25) is 0 Å². The molecule has 3 atom stereocenters. The monoisotopic (exact) mass is 421 g/mol. The zero-order valence-electron chi connectivity index (χ0n) is 17.8. The van der Waals surface area contributed by atoms with Crippen molar-refractivity contribution < 1.29 is 14.3 Å². The van der Waals surface area contributed by atoms with E-state index in [1.807, 2.05) is 54.6 Å². The average Bonchev–Trinajstić information content (AvgIpc) is 3.21. The number of benzene rings is 2. The molecule has 1 N–H and O–H groups in total. The van der Waals surface area contributed by atoms with Crippen LogP contribution in [-0.4, -0.2) is 72.4 Å². The highest BCUT2D eigenvalue weighted by Crippen LogP contribution is 2.34. The predicted molar refractivity (Wildman–Crippen MR) is 116 cm³/mol. The molecule has 3 unspecified atom stereocenters. The standard InChI is InChI=1S/C23H27N5O3/c1-25-20-19(21(29)28(23(25)30)15-16-8-4-3-5-9-16)27-13-7-12-26(22(27)24-20)17-10-6-11-18(14-17)31-2/h3-6,8-11,14,19-20,22,24H,7,12-13,15H2,1-2H3. The number of fused-ring (bicyclic) bond motifs is 3. The van der Waals surface area contributed by atoms with Gasteiger partial charge in [-0.15, -0.1) is 0 Å². The maximum atomic E-state index is 13.5. The summed E-state index contributed by atoms with van der Waals surface area (Å²) in [7, 11) is 3.43. The Bertz CT molecular complexity index is 984. The molecule has 8 heteroatoms. The molecule has 2 aromatic carbocycles. The van der Waals surface area contributed by atoms with Crippen LogP contribution in [0.1, 0.15) is 12.0 Å². The number of nitrogens with zero attached hydrogens (tertiary/aromatic N) is 4. The number of hydrogen-bond acceptors (Lipinski definition) is 6. The van der Waals surface area contributed by atoms with E-state index in [-0.39, 0.29) is 30.9 Å². The molecule has 0 saturated carbocycles. The third-order valence-corrected chi connectivity index (χ3v) is 6.44. The second-order valence-corrected chi connectivity index (χ2v) is 8.22. The first-order valence-electron chi connectivity index (χ1n) is 10.6. The number of amides is 3. The van der Waals surface area contributed by atoms with E-state index in [1.165, 1.54) is 4.90 Å². The number of urea groups is 1. The number of rotatable bonds is 4. The fraction of sp³-hybridized carbons (Fsp3) is 0.391. The first-order valence-corrected chi connectivity index (χ1v) is 10.6. The van der Waals surface area contributed by atoms with Crippen LogP contribution < -0.4 is 15.0 Å². The Morgan fingerprint density at radius 1 is 1.06 bits per heavy atom. The molecule has 2 aromatic rings. The molecular weight excluding hydrogens is 394 g/mol. The predicted octanol–water partition coefficient (Wildman–Crippen LogP) is 1.88. The Kier molecular flexibility index (Phi) is 5.03. The van der Waals surface area contributed by atoms with Crippen LogP contribution in [0.25, 0.3) is 0 Å². The van der Waals surface area contributed by atoms with E-state index in [2.05, 4.69) is 15.1 Å². The van der Waals surface area contributed by atoms with Gasteiger partial charge in [0.15, 0.2) is 0 Å². The van der Waals surface area contributed by atoms with Crippen molar-refractivity contribution in [1.29, 1.82) is 0 Å². The van der Waals surface area contributed by atoms with Crippen molar-refractivity contribution in [2.75, 3.05) is 32.1 Å². The van der Waals surface area contributed by atoms with E-state index < -0.39 is 6.04 Å². The SMILES string of the molecule is COc1cccc(N2CCCN3C4C(=O)N(Cc5ccccc5)C(=O)N(C)C4NC23)c1. The lowest BCUT2D eigenvalue weighted by Crippen LogP contribution is -2.66. The second-order valence-electron chi connectivity index (χ2n) is 8.22. The molecule has 0 bridgehead atoms. The lowest BCUT2D eigenvalue weighted by molar-refractivity contribution is -0.139. The molecule has 3 heterocycles. The summed E-state index contributed by atoms with van der Waals surface area (Å²) < 4.78 is 5.40. The minimum absolute atomic E-state index is 0.139. The van der Waals surface area contributed by atoms with Crippen molar-refractivity contribution in [1.82, 2.24) is 20.0 Å². The van der Waals surface area contributed by atoms with Crippen LogP contribution in [-0.2, 0) is 11.3 Å². The van der Waals surface area contributed by atoms with Crippen LogP contribution in [0.3, 0.4) is 0 Å². The van der Waals surface area contributed by atoms with E-state index in [9.17, 15) is 9.59 Å². The molecule has 8 nitrogen and oxygen atoms in total. The van der Waals surface area contributed by atoms with Gasteiger partial charge in [0.05, 0.1) is 13.7 Å². The number of likely N-dealkylation sites (N-methyl/N-ethyl adjacent to an activating group) is 1. The van der Waals surface area contributed by atoms with Gasteiger partial charge in [-0.3, -0.25) is 19.9 Å². The molecule has 0 aliphatic carbocycles. The molecule has 3 fully saturated rings. The van der Waals surface area contributed by atoms with Gasteiger partial charge in [-0.05, 0) is 24.1 Å². The molecule has 0 spiro atoms. The van der Waals surface area contributed by atoms with Crippen molar-refractivity contribution >= 4 is 17.6 Å². The van der Waals surface area contributed by atoms with Gasteiger partial charge >= 0.3 is 6.03 Å². The molecule has 3 aliphatic rings. The van der Waals surface area contributed by atoms with Crippen LogP contribution >= 0.6 is 0 Å². The first-order chi connectivity index (χ1) is 15.1. The summed E-state index contributed by atoms with van der Waals surface area (Å²) in [5.74, 6) is 0.655. The lowest BCUT2D eigenvalue weighted by Gasteiger charge is -2.44. The highest BCUT2D eigenvalue weighted by molar-refractivity contribution is 6.00. The molecule has 31 heavy (non-hydrogen) atoms. The molecule has 3 aliphatic heterocycles. The van der Waals surface area contributed by atoms with Crippen molar-refractivity contribution in [3.63, 3.8) is 0 Å². The summed E-state index contributed by atoms with van der Waals surface area (Å²) in [6.07, 6.45) is 0.414. The topological polar surface area (TPSA) is 68.4 Å². The van der Waals surface area contributed by atoms with Crippen molar-refractivity contribution in [2.45, 2.75) is 31.5 Å². The number of methoxy groups -OCH3 is 1. The van der Waals surface area contributed by atoms with Gasteiger partial charge in [0.1, 0.15) is 24.2 Å².